The lowest BCUT2D eigenvalue weighted by molar-refractivity contribution is -0.158. The molecule has 1 atom stereocenters. The number of carbonyl (C=O) groups excluding carboxylic acids is 2. The van der Waals surface area contributed by atoms with Gasteiger partial charge in [-0.3, -0.25) is 9.59 Å². The third-order valence-corrected chi connectivity index (χ3v) is 3.96. The highest BCUT2D eigenvalue weighted by atomic mass is 32.1. The summed E-state index contributed by atoms with van der Waals surface area (Å²) in [5.74, 6) is -0.687. The summed E-state index contributed by atoms with van der Waals surface area (Å²) in [5, 5.41) is 0. The van der Waals surface area contributed by atoms with Gasteiger partial charge in [-0.25, -0.2) is 0 Å². The van der Waals surface area contributed by atoms with Crippen molar-refractivity contribution in [3.05, 3.63) is 0 Å². The number of nitrogens with zero attached hydrogens (tertiary/aromatic N) is 2. The van der Waals surface area contributed by atoms with Gasteiger partial charge < -0.3 is 15.5 Å². The van der Waals surface area contributed by atoms with Crippen LogP contribution in [0.1, 0.15) is 27.7 Å². The number of likely N-dealkylation sites (N-methyl/N-ethyl adjacent to an activating group) is 1. The molecule has 0 aromatic rings. The first-order valence-corrected chi connectivity index (χ1v) is 6.88. The van der Waals surface area contributed by atoms with Crippen molar-refractivity contribution in [2.24, 2.45) is 17.6 Å². The normalized spacial score (nSPS) is 20.6. The van der Waals surface area contributed by atoms with Crippen LogP contribution in [0.5, 0.6) is 0 Å². The fourth-order valence-corrected chi connectivity index (χ4v) is 2.88. The van der Waals surface area contributed by atoms with Gasteiger partial charge in [0, 0.05) is 20.1 Å². The lowest BCUT2D eigenvalue weighted by Gasteiger charge is -2.46. The Hall–Kier alpha value is -1.17. The van der Waals surface area contributed by atoms with E-state index in [0.29, 0.717) is 13.1 Å². The first-order chi connectivity index (χ1) is 8.60. The Labute approximate surface area is 120 Å². The number of piperazine rings is 1. The number of carbonyl (C=O) groups is 2. The molecular formula is C13H23N3O2S. The van der Waals surface area contributed by atoms with Gasteiger partial charge in [-0.2, -0.15) is 0 Å². The summed E-state index contributed by atoms with van der Waals surface area (Å²) in [6, 6.07) is 0. The summed E-state index contributed by atoms with van der Waals surface area (Å²) in [7, 11) is 1.75. The van der Waals surface area contributed by atoms with Gasteiger partial charge in [0.15, 0.2) is 0 Å². The molecule has 5 nitrogen and oxygen atoms in total. The number of nitrogens with two attached hydrogens (primary N) is 1. The van der Waals surface area contributed by atoms with Crippen LogP contribution in [0.15, 0.2) is 0 Å². The fraction of sp³-hybridized carbons (Fsp3) is 0.769. The summed E-state index contributed by atoms with van der Waals surface area (Å²) in [5.41, 5.74) is 4.84. The minimum absolute atomic E-state index is 0.0237. The molecule has 1 aliphatic heterocycles. The van der Waals surface area contributed by atoms with E-state index in [1.807, 2.05) is 13.8 Å². The van der Waals surface area contributed by atoms with Gasteiger partial charge in [-0.15, -0.1) is 0 Å². The minimum Gasteiger partial charge on any atom is -0.393 e. The summed E-state index contributed by atoms with van der Waals surface area (Å²) in [6.07, 6.45) is 0. The molecule has 1 fully saturated rings. The quantitative estimate of drug-likeness (QED) is 0.772. The first kappa shape index (κ1) is 15.9. The summed E-state index contributed by atoms with van der Waals surface area (Å²) in [6.45, 7) is 8.40. The van der Waals surface area contributed by atoms with Crippen molar-refractivity contribution in [1.29, 1.82) is 0 Å². The molecule has 0 radical (unpaired) electrons. The summed E-state index contributed by atoms with van der Waals surface area (Å²) >= 11 is 5.00. The van der Waals surface area contributed by atoms with E-state index < -0.39 is 11.5 Å². The number of thiocarbonyl (C=S) groups is 1. The van der Waals surface area contributed by atoms with Gasteiger partial charge in [0.05, 0.1) is 10.9 Å². The lowest BCUT2D eigenvalue weighted by Crippen LogP contribution is -2.65. The molecule has 6 heteroatoms. The highest BCUT2D eigenvalue weighted by molar-refractivity contribution is 7.80. The molecule has 1 aliphatic rings. The van der Waals surface area contributed by atoms with Crippen molar-refractivity contribution in [3.63, 3.8) is 0 Å². The van der Waals surface area contributed by atoms with Gasteiger partial charge in [0.2, 0.25) is 11.8 Å². The van der Waals surface area contributed by atoms with E-state index in [0.717, 1.165) is 0 Å². The molecular weight excluding hydrogens is 262 g/mol. The zero-order valence-corrected chi connectivity index (χ0v) is 13.1. The van der Waals surface area contributed by atoms with Crippen LogP contribution >= 0.6 is 12.2 Å². The SMILES string of the molecule is CC(C)C(C(=O)N1CCN(C)C(=O)C1(C)C)C(N)=S. The van der Waals surface area contributed by atoms with Crippen LogP contribution in [-0.4, -0.2) is 52.3 Å². The van der Waals surface area contributed by atoms with Crippen molar-refractivity contribution >= 4 is 29.0 Å². The van der Waals surface area contributed by atoms with Crippen molar-refractivity contribution in [1.82, 2.24) is 9.80 Å². The van der Waals surface area contributed by atoms with Crippen LogP contribution in [-0.2, 0) is 9.59 Å². The van der Waals surface area contributed by atoms with E-state index in [9.17, 15) is 9.59 Å². The van der Waals surface area contributed by atoms with E-state index in [2.05, 4.69) is 0 Å². The molecule has 1 unspecified atom stereocenters. The molecule has 0 aliphatic carbocycles. The van der Waals surface area contributed by atoms with Gasteiger partial charge in [0.1, 0.15) is 5.54 Å². The monoisotopic (exact) mass is 285 g/mol. The summed E-state index contributed by atoms with van der Waals surface area (Å²) in [4.78, 5) is 28.3. The standard InChI is InChI=1S/C13H23N3O2S/c1-8(2)9(10(14)19)11(17)16-7-6-15(5)12(18)13(16,3)4/h8-9H,6-7H2,1-5H3,(H2,14,19). The first-order valence-electron chi connectivity index (χ1n) is 6.47. The highest BCUT2D eigenvalue weighted by Crippen LogP contribution is 2.26. The smallest absolute Gasteiger partial charge is 0.247 e. The predicted octanol–water partition coefficient (Wildman–Crippen LogP) is 0.624. The van der Waals surface area contributed by atoms with Gasteiger partial charge in [-0.05, 0) is 19.8 Å². The summed E-state index contributed by atoms with van der Waals surface area (Å²) < 4.78 is 0. The van der Waals surface area contributed by atoms with Crippen molar-refractivity contribution in [2.75, 3.05) is 20.1 Å². The molecule has 0 aromatic carbocycles. The Morgan fingerprint density at radius 2 is 1.89 bits per heavy atom. The van der Waals surface area contributed by atoms with Crippen molar-refractivity contribution < 1.29 is 9.59 Å². The van der Waals surface area contributed by atoms with E-state index >= 15 is 0 Å². The zero-order chi connectivity index (χ0) is 15.0. The van der Waals surface area contributed by atoms with Crippen molar-refractivity contribution in [3.8, 4) is 0 Å². The number of hydrogen-bond donors (Lipinski definition) is 1. The molecule has 1 saturated heterocycles. The molecule has 2 amide bonds. The second-order valence-electron chi connectivity index (χ2n) is 5.90. The number of rotatable bonds is 3. The third kappa shape index (κ3) is 2.88. The average Bonchev–Trinajstić information content (AvgIpc) is 2.24. The van der Waals surface area contributed by atoms with Gasteiger partial charge in [-0.1, -0.05) is 26.1 Å². The maximum Gasteiger partial charge on any atom is 0.247 e. The van der Waals surface area contributed by atoms with Crippen LogP contribution in [0, 0.1) is 11.8 Å². The van der Waals surface area contributed by atoms with Gasteiger partial charge in [0.25, 0.3) is 0 Å². The van der Waals surface area contributed by atoms with E-state index in [-0.39, 0.29) is 22.7 Å². The maximum absolute atomic E-state index is 12.6. The van der Waals surface area contributed by atoms with Crippen LogP contribution in [0.2, 0.25) is 0 Å². The number of hydrogen-bond acceptors (Lipinski definition) is 3. The third-order valence-electron chi connectivity index (χ3n) is 3.71. The molecule has 2 N–H and O–H groups in total. The molecule has 0 aromatic heterocycles. The molecule has 1 rings (SSSR count). The fourth-order valence-electron chi connectivity index (χ4n) is 2.50. The topological polar surface area (TPSA) is 66.6 Å². The second-order valence-corrected chi connectivity index (χ2v) is 6.37. The van der Waals surface area contributed by atoms with Crippen LogP contribution in [0.25, 0.3) is 0 Å². The predicted molar refractivity (Wildman–Crippen MR) is 78.5 cm³/mol. The molecule has 0 saturated carbocycles. The highest BCUT2D eigenvalue weighted by Gasteiger charge is 2.45. The van der Waals surface area contributed by atoms with Crippen molar-refractivity contribution in [2.45, 2.75) is 33.2 Å². The molecule has 19 heavy (non-hydrogen) atoms. The Balaban J connectivity index is 3.05. The molecule has 0 bridgehead atoms. The largest absolute Gasteiger partial charge is 0.393 e. The lowest BCUT2D eigenvalue weighted by atomic mass is 9.90. The molecule has 0 spiro atoms. The second kappa shape index (κ2) is 5.45. The Kier molecular flexibility index (Phi) is 4.55. The maximum atomic E-state index is 12.6. The Bertz CT molecular complexity index is 407. The average molecular weight is 285 g/mol. The van der Waals surface area contributed by atoms with E-state index in [1.54, 1.807) is 30.7 Å². The zero-order valence-electron chi connectivity index (χ0n) is 12.3. The van der Waals surface area contributed by atoms with Crippen LogP contribution in [0.4, 0.5) is 0 Å². The molecule has 1 heterocycles. The number of amides is 2. The van der Waals surface area contributed by atoms with Gasteiger partial charge >= 0.3 is 0 Å². The Morgan fingerprint density at radius 3 is 2.32 bits per heavy atom. The van der Waals surface area contributed by atoms with Crippen LogP contribution in [0.3, 0.4) is 0 Å². The van der Waals surface area contributed by atoms with Crippen LogP contribution < -0.4 is 5.73 Å². The Morgan fingerprint density at radius 1 is 1.37 bits per heavy atom. The minimum atomic E-state index is -0.845. The molecule has 108 valence electrons. The van der Waals surface area contributed by atoms with E-state index in [4.69, 9.17) is 18.0 Å². The van der Waals surface area contributed by atoms with E-state index in [1.165, 1.54) is 0 Å².